The van der Waals surface area contributed by atoms with E-state index in [9.17, 15) is 9.59 Å². The normalized spacial score (nSPS) is 13.0. The third-order valence-corrected chi connectivity index (χ3v) is 10.2. The minimum Gasteiger partial charge on any atom is -0.244 e. The van der Waals surface area contributed by atoms with Gasteiger partial charge in [-0.25, -0.2) is 14.2 Å². The molecule has 0 bridgehead atoms. The highest BCUT2D eigenvalue weighted by atomic mass is 35.6. The van der Waals surface area contributed by atoms with Crippen LogP contribution < -0.4 is 11.4 Å². The SMILES string of the molecule is O=c1n(-c2ccc(Cl)c(Cl)c2)c(=O)n(SC(Cl)(Cl)C(Cl)Cl)n1SC(Cl)(Cl)C(Cl)Cl. The number of benzene rings is 1. The molecule has 0 radical (unpaired) electrons. The fourth-order valence-corrected chi connectivity index (χ4v) is 4.70. The van der Waals surface area contributed by atoms with E-state index < -0.39 is 28.4 Å². The van der Waals surface area contributed by atoms with Gasteiger partial charge >= 0.3 is 11.4 Å². The Morgan fingerprint density at radius 1 is 0.759 bits per heavy atom. The average Bonchev–Trinajstić information content (AvgIpc) is 2.80. The van der Waals surface area contributed by atoms with E-state index >= 15 is 0 Å². The third-order valence-electron chi connectivity index (χ3n) is 2.96. The van der Waals surface area contributed by atoms with E-state index in [4.69, 9.17) is 116 Å². The van der Waals surface area contributed by atoms with Gasteiger partial charge in [0.1, 0.15) is 0 Å². The van der Waals surface area contributed by atoms with Gasteiger partial charge in [-0.3, -0.25) is 0 Å². The molecule has 0 amide bonds. The van der Waals surface area contributed by atoms with Gasteiger partial charge in [0.2, 0.25) is 7.33 Å². The van der Waals surface area contributed by atoms with Crippen molar-refractivity contribution in [1.29, 1.82) is 0 Å². The standard InChI is InChI=1S/C12H5Cl10N3O2S2/c13-5-2-1-4(3-6(5)14)23-9(26)24(28-11(19,20)7(15)16)25(10(23)27)29-12(21,22)8(17)18/h1-3,7-8H. The second-order valence-electron chi connectivity index (χ2n) is 4.95. The molecule has 0 fully saturated rings. The second kappa shape index (κ2) is 10.2. The van der Waals surface area contributed by atoms with Crippen LogP contribution in [0.15, 0.2) is 27.8 Å². The summed E-state index contributed by atoms with van der Waals surface area (Å²) in [6.45, 7) is 0. The summed E-state index contributed by atoms with van der Waals surface area (Å²) in [5.41, 5.74) is -1.72. The van der Waals surface area contributed by atoms with Crippen LogP contribution >= 0.6 is 140 Å². The fraction of sp³-hybridized carbons (Fsp3) is 0.333. The molecule has 0 unspecified atom stereocenters. The Labute approximate surface area is 222 Å². The zero-order chi connectivity index (χ0) is 22.3. The van der Waals surface area contributed by atoms with Gasteiger partial charge in [-0.15, -0.1) is 46.4 Å². The molecule has 5 nitrogen and oxygen atoms in total. The van der Waals surface area contributed by atoms with Crippen LogP contribution in [0.3, 0.4) is 0 Å². The monoisotopic (exact) mass is 637 g/mol. The molecule has 1 heterocycles. The molecule has 1 aromatic heterocycles. The second-order valence-corrected chi connectivity index (χ2v) is 14.0. The molecule has 0 saturated heterocycles. The number of hydrogen-bond donors (Lipinski definition) is 0. The van der Waals surface area contributed by atoms with Crippen LogP contribution in [-0.4, -0.2) is 29.7 Å². The summed E-state index contributed by atoms with van der Waals surface area (Å²) in [4.78, 5) is 23.3. The molecule has 0 atom stereocenters. The molecular weight excluding hydrogens is 637 g/mol. The first kappa shape index (κ1) is 26.8. The van der Waals surface area contributed by atoms with Crippen molar-refractivity contribution in [2.75, 3.05) is 0 Å². The summed E-state index contributed by atoms with van der Waals surface area (Å²) in [6.07, 6.45) is 0. The van der Waals surface area contributed by atoms with E-state index in [1.165, 1.54) is 18.2 Å². The van der Waals surface area contributed by atoms with Crippen LogP contribution in [0.1, 0.15) is 0 Å². The molecule has 0 aliphatic rings. The van der Waals surface area contributed by atoms with E-state index in [1.54, 1.807) is 0 Å². The lowest BCUT2D eigenvalue weighted by Gasteiger charge is -2.23. The molecule has 0 N–H and O–H groups in total. The molecule has 0 saturated carbocycles. The molecule has 0 spiro atoms. The number of aromatic nitrogens is 3. The smallest absolute Gasteiger partial charge is 0.244 e. The Morgan fingerprint density at radius 2 is 1.17 bits per heavy atom. The molecule has 17 heteroatoms. The van der Waals surface area contributed by atoms with Gasteiger partial charge in [-0.05, 0) is 18.2 Å². The zero-order valence-corrected chi connectivity index (χ0v) is 22.3. The first-order valence-electron chi connectivity index (χ1n) is 6.82. The number of rotatable bonds is 7. The van der Waals surface area contributed by atoms with Gasteiger partial charge in [-0.1, -0.05) is 69.6 Å². The average molecular weight is 642 g/mol. The summed E-state index contributed by atoms with van der Waals surface area (Å²) in [5.74, 6) is 0. The van der Waals surface area contributed by atoms with Crippen LogP contribution in [0.2, 0.25) is 10.0 Å². The van der Waals surface area contributed by atoms with Gasteiger partial charge < -0.3 is 0 Å². The lowest BCUT2D eigenvalue weighted by Crippen LogP contribution is -2.30. The Morgan fingerprint density at radius 3 is 1.52 bits per heavy atom. The number of alkyl halides is 8. The Kier molecular flexibility index (Phi) is 9.45. The van der Waals surface area contributed by atoms with Gasteiger partial charge in [0.25, 0.3) is 0 Å². The van der Waals surface area contributed by atoms with Crippen molar-refractivity contribution in [2.24, 2.45) is 0 Å². The predicted molar refractivity (Wildman–Crippen MR) is 130 cm³/mol. The van der Waals surface area contributed by atoms with E-state index in [1.807, 2.05) is 0 Å². The van der Waals surface area contributed by atoms with Gasteiger partial charge in [0.15, 0.2) is 9.67 Å². The maximum atomic E-state index is 13.0. The highest BCUT2D eigenvalue weighted by Crippen LogP contribution is 2.45. The van der Waals surface area contributed by atoms with Gasteiger partial charge in [-0.2, -0.15) is 8.17 Å². The minimum atomic E-state index is -1.94. The van der Waals surface area contributed by atoms with Crippen molar-refractivity contribution in [3.05, 3.63) is 49.2 Å². The summed E-state index contributed by atoms with van der Waals surface area (Å²) in [6, 6.07) is 4.09. The molecule has 2 rings (SSSR count). The van der Waals surface area contributed by atoms with E-state index in [0.29, 0.717) is 23.9 Å². The molecule has 2 aromatic rings. The Balaban J connectivity index is 2.75. The predicted octanol–water partition coefficient (Wildman–Crippen LogP) is 6.97. The summed E-state index contributed by atoms with van der Waals surface area (Å²) < 4.78 is -1.63. The highest BCUT2D eigenvalue weighted by molar-refractivity contribution is 8.04. The lowest BCUT2D eigenvalue weighted by molar-refractivity contribution is 0.875. The van der Waals surface area contributed by atoms with E-state index in [2.05, 4.69) is 0 Å². The topological polar surface area (TPSA) is 48.9 Å². The quantitative estimate of drug-likeness (QED) is 0.307. The number of halogens is 10. The summed E-state index contributed by atoms with van der Waals surface area (Å²) >= 11 is 59.9. The molecule has 0 aliphatic heterocycles. The van der Waals surface area contributed by atoms with Crippen molar-refractivity contribution in [1.82, 2.24) is 12.7 Å². The largest absolute Gasteiger partial charge is 0.363 e. The lowest BCUT2D eigenvalue weighted by atomic mass is 10.3. The van der Waals surface area contributed by atoms with Crippen LogP contribution in [-0.2, 0) is 0 Å². The Bertz CT molecular complexity index is 963. The summed E-state index contributed by atoms with van der Waals surface area (Å²) in [5, 5.41) is 0.318. The third kappa shape index (κ3) is 6.12. The summed E-state index contributed by atoms with van der Waals surface area (Å²) in [7, 11) is 0. The maximum Gasteiger partial charge on any atom is 0.363 e. The van der Waals surface area contributed by atoms with Crippen molar-refractivity contribution < 1.29 is 0 Å². The van der Waals surface area contributed by atoms with Crippen molar-refractivity contribution >= 4 is 140 Å². The van der Waals surface area contributed by atoms with Gasteiger partial charge in [0, 0.05) is 23.9 Å². The first-order valence-corrected chi connectivity index (χ1v) is 12.4. The molecule has 1 aromatic carbocycles. The Hall–Kier alpha value is 1.56. The van der Waals surface area contributed by atoms with Crippen molar-refractivity contribution in [3.8, 4) is 5.69 Å². The minimum absolute atomic E-state index is 0.0918. The van der Waals surface area contributed by atoms with Crippen molar-refractivity contribution in [3.63, 3.8) is 0 Å². The number of nitrogens with zero attached hydrogens (tertiary/aromatic N) is 3. The fourth-order valence-electron chi connectivity index (χ4n) is 1.72. The molecule has 162 valence electrons. The van der Waals surface area contributed by atoms with Crippen LogP contribution in [0.4, 0.5) is 0 Å². The van der Waals surface area contributed by atoms with Crippen molar-refractivity contribution in [2.45, 2.75) is 17.0 Å². The van der Waals surface area contributed by atoms with E-state index in [0.717, 1.165) is 12.7 Å². The number of hydrogen-bond acceptors (Lipinski definition) is 4. The zero-order valence-electron chi connectivity index (χ0n) is 13.1. The van der Waals surface area contributed by atoms with Crippen LogP contribution in [0.25, 0.3) is 5.69 Å². The molecular formula is C12H5Cl10N3O2S2. The van der Waals surface area contributed by atoms with E-state index in [-0.39, 0.29) is 15.7 Å². The molecule has 0 aliphatic carbocycles. The van der Waals surface area contributed by atoms with Crippen LogP contribution in [0, 0.1) is 0 Å². The maximum absolute atomic E-state index is 13.0. The first-order chi connectivity index (χ1) is 13.2. The van der Waals surface area contributed by atoms with Crippen LogP contribution in [0.5, 0.6) is 0 Å². The van der Waals surface area contributed by atoms with Gasteiger partial charge in [0.05, 0.1) is 15.7 Å². The molecule has 29 heavy (non-hydrogen) atoms. The highest BCUT2D eigenvalue weighted by Gasteiger charge is 2.40.